The Hall–Kier alpha value is -1.51. The molecule has 1 rings (SSSR count). The second-order valence-corrected chi connectivity index (χ2v) is 4.84. The van der Waals surface area contributed by atoms with Crippen LogP contribution >= 0.6 is 0 Å². The highest BCUT2D eigenvalue weighted by Gasteiger charge is 2.09. The van der Waals surface area contributed by atoms with Crippen LogP contribution in [0.5, 0.6) is 0 Å². The third-order valence-corrected chi connectivity index (χ3v) is 3.16. The molecular formula is C16H25NO2. The van der Waals surface area contributed by atoms with E-state index in [9.17, 15) is 4.79 Å². The molecule has 0 saturated carbocycles. The minimum atomic E-state index is -0.316. The lowest BCUT2D eigenvalue weighted by Crippen LogP contribution is -2.09. The first kappa shape index (κ1) is 15.5. The van der Waals surface area contributed by atoms with Crippen molar-refractivity contribution in [3.05, 3.63) is 29.8 Å². The van der Waals surface area contributed by atoms with Crippen molar-refractivity contribution in [1.82, 2.24) is 0 Å². The molecule has 0 radical (unpaired) electrons. The molecule has 0 amide bonds. The van der Waals surface area contributed by atoms with Gasteiger partial charge < -0.3 is 10.5 Å². The van der Waals surface area contributed by atoms with E-state index in [2.05, 4.69) is 6.92 Å². The molecule has 0 heterocycles. The highest BCUT2D eigenvalue weighted by Crippen LogP contribution is 2.12. The Morgan fingerprint density at radius 3 is 2.37 bits per heavy atom. The van der Waals surface area contributed by atoms with Crippen LogP contribution in [0, 0.1) is 0 Å². The summed E-state index contributed by atoms with van der Waals surface area (Å²) in [6.45, 7) is 2.70. The number of hydrogen-bond acceptors (Lipinski definition) is 3. The number of rotatable bonds is 9. The van der Waals surface area contributed by atoms with Gasteiger partial charge in [-0.1, -0.05) is 57.6 Å². The van der Waals surface area contributed by atoms with E-state index in [1.165, 1.54) is 32.1 Å². The van der Waals surface area contributed by atoms with E-state index in [4.69, 9.17) is 10.5 Å². The highest BCUT2D eigenvalue weighted by molar-refractivity contribution is 5.94. The van der Waals surface area contributed by atoms with E-state index < -0.39 is 0 Å². The smallest absolute Gasteiger partial charge is 0.340 e. The minimum Gasteiger partial charge on any atom is -0.462 e. The molecule has 0 aliphatic rings. The molecule has 0 aliphatic carbocycles. The largest absolute Gasteiger partial charge is 0.462 e. The Balaban J connectivity index is 2.10. The fraction of sp³-hybridized carbons (Fsp3) is 0.562. The number of para-hydroxylation sites is 1. The number of nitrogens with two attached hydrogens (primary N) is 1. The fourth-order valence-electron chi connectivity index (χ4n) is 1.98. The molecule has 0 aliphatic heterocycles. The Labute approximate surface area is 116 Å². The van der Waals surface area contributed by atoms with Crippen LogP contribution in [-0.2, 0) is 4.74 Å². The number of carbonyl (C=O) groups excluding carboxylic acids is 1. The maximum absolute atomic E-state index is 11.7. The zero-order valence-corrected chi connectivity index (χ0v) is 11.9. The van der Waals surface area contributed by atoms with Gasteiger partial charge in [0, 0.05) is 5.69 Å². The summed E-state index contributed by atoms with van der Waals surface area (Å²) in [5.74, 6) is -0.316. The van der Waals surface area contributed by atoms with Gasteiger partial charge in [-0.05, 0) is 18.6 Å². The summed E-state index contributed by atoms with van der Waals surface area (Å²) in [5, 5.41) is 0. The Kier molecular flexibility index (Phi) is 7.71. The normalized spacial score (nSPS) is 10.4. The molecule has 0 atom stereocenters. The molecule has 0 aromatic heterocycles. The van der Waals surface area contributed by atoms with Crippen molar-refractivity contribution < 1.29 is 9.53 Å². The third-order valence-electron chi connectivity index (χ3n) is 3.16. The molecule has 0 unspecified atom stereocenters. The van der Waals surface area contributed by atoms with Crippen LogP contribution in [0.2, 0.25) is 0 Å². The van der Waals surface area contributed by atoms with E-state index in [0.717, 1.165) is 12.8 Å². The number of carbonyl (C=O) groups is 1. The summed E-state index contributed by atoms with van der Waals surface area (Å²) in [6, 6.07) is 7.01. The van der Waals surface area contributed by atoms with E-state index in [-0.39, 0.29) is 5.97 Å². The van der Waals surface area contributed by atoms with Crippen LogP contribution in [0.15, 0.2) is 24.3 Å². The van der Waals surface area contributed by atoms with E-state index in [1.54, 1.807) is 18.2 Å². The molecule has 1 aromatic rings. The topological polar surface area (TPSA) is 52.3 Å². The summed E-state index contributed by atoms with van der Waals surface area (Å²) >= 11 is 0. The average Bonchev–Trinajstić information content (AvgIpc) is 2.42. The Bertz CT molecular complexity index is 377. The van der Waals surface area contributed by atoms with Crippen molar-refractivity contribution in [1.29, 1.82) is 0 Å². The quantitative estimate of drug-likeness (QED) is 0.413. The van der Waals surface area contributed by atoms with Gasteiger partial charge in [0.2, 0.25) is 0 Å². The van der Waals surface area contributed by atoms with Gasteiger partial charge in [0.05, 0.1) is 12.2 Å². The van der Waals surface area contributed by atoms with Gasteiger partial charge in [0.25, 0.3) is 0 Å². The molecule has 106 valence electrons. The molecule has 2 N–H and O–H groups in total. The summed E-state index contributed by atoms with van der Waals surface area (Å²) in [4.78, 5) is 11.7. The van der Waals surface area contributed by atoms with Gasteiger partial charge in [0.15, 0.2) is 0 Å². The lowest BCUT2D eigenvalue weighted by atomic mass is 10.1. The zero-order valence-electron chi connectivity index (χ0n) is 11.9. The Morgan fingerprint density at radius 2 is 1.68 bits per heavy atom. The predicted molar refractivity (Wildman–Crippen MR) is 79.1 cm³/mol. The Morgan fingerprint density at radius 1 is 1.05 bits per heavy atom. The van der Waals surface area contributed by atoms with Crippen LogP contribution in [0.3, 0.4) is 0 Å². The van der Waals surface area contributed by atoms with Crippen molar-refractivity contribution in [3.63, 3.8) is 0 Å². The first-order valence-electron chi connectivity index (χ1n) is 7.27. The SMILES string of the molecule is CCCCCCCCCOC(=O)c1ccccc1N. The maximum atomic E-state index is 11.7. The number of benzene rings is 1. The molecular weight excluding hydrogens is 238 g/mol. The van der Waals surface area contributed by atoms with Crippen molar-refractivity contribution in [3.8, 4) is 0 Å². The second-order valence-electron chi connectivity index (χ2n) is 4.84. The van der Waals surface area contributed by atoms with Crippen LogP contribution in [0.4, 0.5) is 5.69 Å². The minimum absolute atomic E-state index is 0.316. The molecule has 3 heteroatoms. The monoisotopic (exact) mass is 263 g/mol. The van der Waals surface area contributed by atoms with E-state index >= 15 is 0 Å². The number of anilines is 1. The van der Waals surface area contributed by atoms with Crippen LogP contribution in [0.1, 0.15) is 62.2 Å². The lowest BCUT2D eigenvalue weighted by molar-refractivity contribution is 0.0499. The lowest BCUT2D eigenvalue weighted by Gasteiger charge is -2.06. The molecule has 0 fully saturated rings. The number of nitrogen functional groups attached to an aromatic ring is 1. The van der Waals surface area contributed by atoms with Gasteiger partial charge in [-0.2, -0.15) is 0 Å². The van der Waals surface area contributed by atoms with Crippen molar-refractivity contribution >= 4 is 11.7 Å². The molecule has 19 heavy (non-hydrogen) atoms. The van der Waals surface area contributed by atoms with Crippen LogP contribution < -0.4 is 5.73 Å². The summed E-state index contributed by atoms with van der Waals surface area (Å²) in [5.41, 5.74) is 6.66. The van der Waals surface area contributed by atoms with E-state index in [1.807, 2.05) is 6.07 Å². The van der Waals surface area contributed by atoms with Gasteiger partial charge in [-0.15, -0.1) is 0 Å². The van der Waals surface area contributed by atoms with Crippen LogP contribution in [-0.4, -0.2) is 12.6 Å². The molecule has 1 aromatic carbocycles. The first-order chi connectivity index (χ1) is 9.25. The maximum Gasteiger partial charge on any atom is 0.340 e. The number of hydrogen-bond donors (Lipinski definition) is 1. The van der Waals surface area contributed by atoms with E-state index in [0.29, 0.717) is 17.9 Å². The highest BCUT2D eigenvalue weighted by atomic mass is 16.5. The molecule has 0 saturated heterocycles. The predicted octanol–water partition coefficient (Wildman–Crippen LogP) is 4.18. The summed E-state index contributed by atoms with van der Waals surface area (Å²) in [6.07, 6.45) is 8.49. The number of esters is 1. The third kappa shape index (κ3) is 6.27. The van der Waals surface area contributed by atoms with Crippen molar-refractivity contribution in [2.24, 2.45) is 0 Å². The zero-order chi connectivity index (χ0) is 13.9. The molecule has 3 nitrogen and oxygen atoms in total. The second kappa shape index (κ2) is 9.42. The van der Waals surface area contributed by atoms with Gasteiger partial charge >= 0.3 is 5.97 Å². The van der Waals surface area contributed by atoms with Crippen molar-refractivity contribution in [2.45, 2.75) is 51.9 Å². The van der Waals surface area contributed by atoms with Gasteiger partial charge in [0.1, 0.15) is 0 Å². The summed E-state index contributed by atoms with van der Waals surface area (Å²) in [7, 11) is 0. The average molecular weight is 263 g/mol. The molecule has 0 spiro atoms. The number of ether oxygens (including phenoxy) is 1. The fourth-order valence-corrected chi connectivity index (χ4v) is 1.98. The summed E-state index contributed by atoms with van der Waals surface area (Å²) < 4.78 is 5.22. The van der Waals surface area contributed by atoms with Gasteiger partial charge in [-0.25, -0.2) is 4.79 Å². The standard InChI is InChI=1S/C16H25NO2/c1-2-3-4-5-6-7-10-13-19-16(18)14-11-8-9-12-15(14)17/h8-9,11-12H,2-7,10,13,17H2,1H3. The first-order valence-corrected chi connectivity index (χ1v) is 7.27. The number of unbranched alkanes of at least 4 members (excludes halogenated alkanes) is 6. The molecule has 0 bridgehead atoms. The van der Waals surface area contributed by atoms with Gasteiger partial charge in [-0.3, -0.25) is 0 Å². The van der Waals surface area contributed by atoms with Crippen LogP contribution in [0.25, 0.3) is 0 Å². The van der Waals surface area contributed by atoms with Crippen molar-refractivity contribution in [2.75, 3.05) is 12.3 Å².